The average Bonchev–Trinajstić information content (AvgIpc) is 2.76. The van der Waals surface area contributed by atoms with Gasteiger partial charge in [0, 0.05) is 26.2 Å². The Morgan fingerprint density at radius 1 is 1.27 bits per heavy atom. The summed E-state index contributed by atoms with van der Waals surface area (Å²) in [7, 11) is 0. The van der Waals surface area contributed by atoms with E-state index in [1.54, 1.807) is 29.2 Å². The molecular weight excluding hydrogens is 334 g/mol. The summed E-state index contributed by atoms with van der Waals surface area (Å²) in [5.74, 6) is 0.814. The lowest BCUT2D eigenvalue weighted by molar-refractivity contribution is -0.112. The molecule has 114 valence electrons. The van der Waals surface area contributed by atoms with Crippen LogP contribution in [0.15, 0.2) is 23.1 Å². The van der Waals surface area contributed by atoms with Gasteiger partial charge in [0.15, 0.2) is 0 Å². The molecule has 1 N–H and O–H groups in total. The zero-order valence-corrected chi connectivity index (χ0v) is 15.0. The van der Waals surface area contributed by atoms with Gasteiger partial charge in [0.05, 0.1) is 4.91 Å². The molecule has 0 spiro atoms. The van der Waals surface area contributed by atoms with Crippen molar-refractivity contribution in [1.29, 1.82) is 0 Å². The predicted molar refractivity (Wildman–Crippen MR) is 97.9 cm³/mol. The quantitative estimate of drug-likeness (QED) is 0.769. The normalized spacial score (nSPS) is 13.5. The number of carbonyl (C=O) groups is 1. The van der Waals surface area contributed by atoms with E-state index in [0.29, 0.717) is 5.02 Å². The van der Waals surface area contributed by atoms with Crippen molar-refractivity contribution < 1.29 is 4.79 Å². The van der Waals surface area contributed by atoms with Crippen LogP contribution < -0.4 is 5.32 Å². The highest BCUT2D eigenvalue weighted by Crippen LogP contribution is 2.39. The van der Waals surface area contributed by atoms with Crippen LogP contribution in [0.5, 0.6) is 0 Å². The molecule has 1 amide bonds. The van der Waals surface area contributed by atoms with Crippen molar-refractivity contribution in [3.05, 3.63) is 54.6 Å². The zero-order chi connectivity index (χ0) is 15.9. The van der Waals surface area contributed by atoms with E-state index in [4.69, 9.17) is 11.6 Å². The lowest BCUT2D eigenvalue weighted by Crippen LogP contribution is -2.14. The Labute approximate surface area is 143 Å². The maximum atomic E-state index is 12.5. The van der Waals surface area contributed by atoms with Crippen molar-refractivity contribution in [2.45, 2.75) is 26.5 Å². The third-order valence-electron chi connectivity index (χ3n) is 3.84. The highest BCUT2D eigenvalue weighted by molar-refractivity contribution is 8.03. The molecule has 5 heteroatoms. The standard InChI is InChI=1S/C17H16ClNOS2/c1-9-6-12(18)4-5-14(9)19-17(20)16-7-15-13(8-21-16)10(2)11(3)22-15/h4-7H,8H2,1-3H3,(H,19,20). The first kappa shape index (κ1) is 15.7. The smallest absolute Gasteiger partial charge is 0.262 e. The first-order chi connectivity index (χ1) is 10.5. The molecule has 0 aliphatic carbocycles. The van der Waals surface area contributed by atoms with Gasteiger partial charge in [-0.25, -0.2) is 0 Å². The highest BCUT2D eigenvalue weighted by Gasteiger charge is 2.21. The van der Waals surface area contributed by atoms with Crippen LogP contribution in [0, 0.1) is 20.8 Å². The number of anilines is 1. The van der Waals surface area contributed by atoms with Crippen LogP contribution in [0.25, 0.3) is 6.08 Å². The van der Waals surface area contributed by atoms with Crippen LogP contribution in [0.1, 0.15) is 26.4 Å². The minimum Gasteiger partial charge on any atom is -0.321 e. The predicted octanol–water partition coefficient (Wildman–Crippen LogP) is 5.55. The zero-order valence-electron chi connectivity index (χ0n) is 12.6. The van der Waals surface area contributed by atoms with Gasteiger partial charge in [0.1, 0.15) is 0 Å². The van der Waals surface area contributed by atoms with Gasteiger partial charge in [-0.1, -0.05) is 11.6 Å². The van der Waals surface area contributed by atoms with E-state index in [-0.39, 0.29) is 5.91 Å². The lowest BCUT2D eigenvalue weighted by atomic mass is 10.1. The lowest BCUT2D eigenvalue weighted by Gasteiger charge is -2.15. The van der Waals surface area contributed by atoms with E-state index >= 15 is 0 Å². The fraction of sp³-hybridized carbons (Fsp3) is 0.235. The highest BCUT2D eigenvalue weighted by atomic mass is 35.5. The molecular formula is C17H16ClNOS2. The molecule has 2 nitrogen and oxygen atoms in total. The Hall–Kier alpha value is -1.23. The van der Waals surface area contributed by atoms with Crippen LogP contribution >= 0.6 is 34.7 Å². The summed E-state index contributed by atoms with van der Waals surface area (Å²) in [6.45, 7) is 6.23. The van der Waals surface area contributed by atoms with Crippen LogP contribution in [0.3, 0.4) is 0 Å². The molecule has 2 heterocycles. The number of amides is 1. The molecule has 1 aliphatic heterocycles. The largest absolute Gasteiger partial charge is 0.321 e. The second-order valence-corrected chi connectivity index (χ2v) is 8.05. The van der Waals surface area contributed by atoms with Crippen molar-refractivity contribution in [2.24, 2.45) is 0 Å². The monoisotopic (exact) mass is 349 g/mol. The first-order valence-corrected chi connectivity index (χ1v) is 9.14. The first-order valence-electron chi connectivity index (χ1n) is 6.96. The van der Waals surface area contributed by atoms with Gasteiger partial charge >= 0.3 is 0 Å². The van der Waals surface area contributed by atoms with Gasteiger partial charge in [0.2, 0.25) is 0 Å². The second-order valence-electron chi connectivity index (χ2n) is 5.34. The molecule has 0 unspecified atom stereocenters. The third kappa shape index (κ3) is 2.96. The van der Waals surface area contributed by atoms with E-state index in [1.165, 1.54) is 20.9 Å². The Morgan fingerprint density at radius 2 is 2.05 bits per heavy atom. The van der Waals surface area contributed by atoms with Gasteiger partial charge in [-0.05, 0) is 61.7 Å². The second kappa shape index (κ2) is 6.11. The summed E-state index contributed by atoms with van der Waals surface area (Å²) in [4.78, 5) is 15.8. The fourth-order valence-corrected chi connectivity index (χ4v) is 4.97. The van der Waals surface area contributed by atoms with Gasteiger partial charge in [0.25, 0.3) is 5.91 Å². The maximum Gasteiger partial charge on any atom is 0.262 e. The topological polar surface area (TPSA) is 29.1 Å². The van der Waals surface area contributed by atoms with Crippen LogP contribution in [-0.4, -0.2) is 5.91 Å². The van der Waals surface area contributed by atoms with E-state index in [0.717, 1.165) is 21.9 Å². The van der Waals surface area contributed by atoms with Gasteiger partial charge in [-0.15, -0.1) is 23.1 Å². The minimum absolute atomic E-state index is 0.0511. The molecule has 0 radical (unpaired) electrons. The van der Waals surface area contributed by atoms with Crippen molar-refractivity contribution in [2.75, 3.05) is 5.32 Å². The fourth-order valence-electron chi connectivity index (χ4n) is 2.39. The molecule has 22 heavy (non-hydrogen) atoms. The number of aryl methyl sites for hydroxylation is 2. The number of nitrogens with one attached hydrogen (secondary N) is 1. The number of hydrogen-bond acceptors (Lipinski definition) is 3. The summed E-state index contributed by atoms with van der Waals surface area (Å²) in [6, 6.07) is 5.48. The molecule has 3 rings (SSSR count). The number of fused-ring (bicyclic) bond motifs is 1. The number of halogens is 1. The van der Waals surface area contributed by atoms with Gasteiger partial charge in [-0.3, -0.25) is 4.79 Å². The molecule has 0 saturated carbocycles. The van der Waals surface area contributed by atoms with Crippen LogP contribution in [0.2, 0.25) is 5.02 Å². The summed E-state index contributed by atoms with van der Waals surface area (Å²) >= 11 is 9.31. The Bertz CT molecular complexity index is 792. The molecule has 1 aromatic carbocycles. The summed E-state index contributed by atoms with van der Waals surface area (Å²) < 4.78 is 0. The minimum atomic E-state index is -0.0511. The number of benzene rings is 1. The molecule has 1 aliphatic rings. The summed E-state index contributed by atoms with van der Waals surface area (Å²) in [5.41, 5.74) is 4.49. The van der Waals surface area contributed by atoms with Crippen molar-refractivity contribution in [3.63, 3.8) is 0 Å². The number of thiophene rings is 1. The molecule has 0 atom stereocenters. The van der Waals surface area contributed by atoms with E-state index < -0.39 is 0 Å². The van der Waals surface area contributed by atoms with Crippen molar-refractivity contribution in [3.8, 4) is 0 Å². The van der Waals surface area contributed by atoms with E-state index in [1.807, 2.05) is 25.1 Å². The summed E-state index contributed by atoms with van der Waals surface area (Å²) in [6.07, 6.45) is 2.01. The molecule has 0 fully saturated rings. The molecule has 0 bridgehead atoms. The molecule has 0 saturated heterocycles. The number of thioether (sulfide) groups is 1. The SMILES string of the molecule is Cc1cc(Cl)ccc1NC(=O)C1=Cc2sc(C)c(C)c2CS1. The molecule has 2 aromatic rings. The Morgan fingerprint density at radius 3 is 2.77 bits per heavy atom. The Kier molecular flexibility index (Phi) is 4.35. The Balaban J connectivity index is 1.84. The number of hydrogen-bond donors (Lipinski definition) is 1. The van der Waals surface area contributed by atoms with E-state index in [9.17, 15) is 4.79 Å². The van der Waals surface area contributed by atoms with Crippen molar-refractivity contribution in [1.82, 2.24) is 0 Å². The van der Waals surface area contributed by atoms with Crippen LogP contribution in [-0.2, 0) is 10.5 Å². The average molecular weight is 350 g/mol. The van der Waals surface area contributed by atoms with Gasteiger partial charge < -0.3 is 5.32 Å². The maximum absolute atomic E-state index is 12.5. The molecule has 1 aromatic heterocycles. The van der Waals surface area contributed by atoms with Crippen molar-refractivity contribution >= 4 is 52.4 Å². The third-order valence-corrected chi connectivity index (χ3v) is 6.31. The van der Waals surface area contributed by atoms with Gasteiger partial charge in [-0.2, -0.15) is 0 Å². The summed E-state index contributed by atoms with van der Waals surface area (Å²) in [5, 5.41) is 3.65. The van der Waals surface area contributed by atoms with Crippen LogP contribution in [0.4, 0.5) is 5.69 Å². The van der Waals surface area contributed by atoms with E-state index in [2.05, 4.69) is 19.2 Å². The number of rotatable bonds is 2. The number of carbonyl (C=O) groups excluding carboxylic acids is 1.